The minimum Gasteiger partial charge on any atom is -0.370 e. The summed E-state index contributed by atoms with van der Waals surface area (Å²) >= 11 is 0. The lowest BCUT2D eigenvalue weighted by Gasteiger charge is -2.30. The minimum absolute atomic E-state index is 0.212. The standard InChI is InChI=1S/C21H26N4O3/c26-20-22-8-9-25(20)21(27)24(11-10-23-12-14-28-15-13-23)16-18-6-3-5-17-4-1-2-7-19(17)18/h1-7H,8-16H2,(H,22,26)/p+1. The molecule has 0 aliphatic carbocycles. The first kappa shape index (κ1) is 18.7. The normalized spacial score (nSPS) is 17.7. The molecule has 148 valence electrons. The summed E-state index contributed by atoms with van der Waals surface area (Å²) in [4.78, 5) is 29.7. The van der Waals surface area contributed by atoms with Gasteiger partial charge in [0.2, 0.25) is 0 Å². The number of imide groups is 1. The van der Waals surface area contributed by atoms with E-state index in [4.69, 9.17) is 4.74 Å². The van der Waals surface area contributed by atoms with Gasteiger partial charge in [0.05, 0.1) is 26.3 Å². The summed E-state index contributed by atoms with van der Waals surface area (Å²) in [5, 5.41) is 5.03. The van der Waals surface area contributed by atoms with Gasteiger partial charge in [-0.05, 0) is 16.3 Å². The Labute approximate surface area is 164 Å². The van der Waals surface area contributed by atoms with Crippen LogP contribution in [-0.4, -0.2) is 74.3 Å². The van der Waals surface area contributed by atoms with E-state index >= 15 is 0 Å². The highest BCUT2D eigenvalue weighted by Crippen LogP contribution is 2.20. The molecule has 0 spiro atoms. The molecular formula is C21H27N4O3+. The number of benzene rings is 2. The fraction of sp³-hybridized carbons (Fsp3) is 0.429. The van der Waals surface area contributed by atoms with Crippen molar-refractivity contribution in [2.24, 2.45) is 0 Å². The molecule has 0 atom stereocenters. The Hall–Kier alpha value is -2.64. The molecule has 7 heteroatoms. The second-order valence-corrected chi connectivity index (χ2v) is 7.34. The average molecular weight is 383 g/mol. The van der Waals surface area contributed by atoms with Gasteiger partial charge in [0.25, 0.3) is 0 Å². The van der Waals surface area contributed by atoms with Gasteiger partial charge in [-0.25, -0.2) is 14.5 Å². The van der Waals surface area contributed by atoms with E-state index in [0.717, 1.165) is 49.2 Å². The fourth-order valence-electron chi connectivity index (χ4n) is 3.91. The van der Waals surface area contributed by atoms with E-state index in [0.29, 0.717) is 26.2 Å². The molecule has 2 aromatic rings. The zero-order valence-electron chi connectivity index (χ0n) is 16.0. The topological polar surface area (TPSA) is 66.3 Å². The number of carbonyl (C=O) groups is 2. The molecule has 2 saturated heterocycles. The second-order valence-electron chi connectivity index (χ2n) is 7.34. The van der Waals surface area contributed by atoms with Gasteiger partial charge in [0, 0.05) is 19.6 Å². The van der Waals surface area contributed by atoms with E-state index in [1.165, 1.54) is 9.80 Å². The molecule has 0 aromatic heterocycles. The molecule has 2 fully saturated rings. The van der Waals surface area contributed by atoms with E-state index in [-0.39, 0.29) is 12.1 Å². The minimum atomic E-state index is -0.299. The van der Waals surface area contributed by atoms with Crippen molar-refractivity contribution in [1.29, 1.82) is 0 Å². The quantitative estimate of drug-likeness (QED) is 0.799. The van der Waals surface area contributed by atoms with Crippen LogP contribution in [0.2, 0.25) is 0 Å². The molecule has 4 amide bonds. The first-order valence-electron chi connectivity index (χ1n) is 9.94. The second kappa shape index (κ2) is 8.58. The largest absolute Gasteiger partial charge is 0.370 e. The van der Waals surface area contributed by atoms with E-state index in [1.807, 2.05) is 23.1 Å². The number of nitrogens with one attached hydrogen (secondary N) is 2. The van der Waals surface area contributed by atoms with Gasteiger partial charge in [-0.2, -0.15) is 0 Å². The van der Waals surface area contributed by atoms with Gasteiger partial charge in [-0.15, -0.1) is 0 Å². The van der Waals surface area contributed by atoms with Crippen LogP contribution >= 0.6 is 0 Å². The maximum atomic E-state index is 13.1. The van der Waals surface area contributed by atoms with Crippen LogP contribution in [0.5, 0.6) is 0 Å². The number of rotatable bonds is 5. The number of ether oxygens (including phenoxy) is 1. The van der Waals surface area contributed by atoms with Crippen molar-refractivity contribution in [1.82, 2.24) is 15.1 Å². The van der Waals surface area contributed by atoms with Gasteiger partial charge in [-0.1, -0.05) is 42.5 Å². The molecule has 0 saturated carbocycles. The molecule has 2 aliphatic rings. The van der Waals surface area contributed by atoms with Crippen LogP contribution in [0.3, 0.4) is 0 Å². The van der Waals surface area contributed by atoms with Crippen LogP contribution in [0.15, 0.2) is 42.5 Å². The molecule has 2 aromatic carbocycles. The number of morpholine rings is 1. The highest BCUT2D eigenvalue weighted by Gasteiger charge is 2.31. The summed E-state index contributed by atoms with van der Waals surface area (Å²) in [6.45, 7) is 6.35. The molecular weight excluding hydrogens is 356 g/mol. The highest BCUT2D eigenvalue weighted by molar-refractivity contribution is 5.95. The number of nitrogens with zero attached hydrogens (tertiary/aromatic N) is 2. The number of hydrogen-bond acceptors (Lipinski definition) is 3. The monoisotopic (exact) mass is 383 g/mol. The number of urea groups is 2. The van der Waals surface area contributed by atoms with Crippen molar-refractivity contribution < 1.29 is 19.2 Å². The maximum absolute atomic E-state index is 13.1. The third-order valence-electron chi connectivity index (χ3n) is 5.53. The lowest BCUT2D eigenvalue weighted by atomic mass is 10.0. The van der Waals surface area contributed by atoms with E-state index < -0.39 is 0 Å². The van der Waals surface area contributed by atoms with E-state index in [9.17, 15) is 9.59 Å². The zero-order valence-corrected chi connectivity index (χ0v) is 16.0. The Bertz CT molecular complexity index is 845. The first-order valence-corrected chi connectivity index (χ1v) is 9.94. The van der Waals surface area contributed by atoms with Crippen LogP contribution < -0.4 is 10.2 Å². The predicted molar refractivity (Wildman–Crippen MR) is 106 cm³/mol. The SMILES string of the molecule is O=C1NCCN1C(=O)N(CC[NH+]1CCOCC1)Cc1cccc2ccccc12. The number of carbonyl (C=O) groups excluding carboxylic acids is 2. The van der Waals surface area contributed by atoms with Crippen molar-refractivity contribution in [3.63, 3.8) is 0 Å². The third-order valence-corrected chi connectivity index (χ3v) is 5.53. The number of amides is 4. The Morgan fingerprint density at radius 1 is 1.14 bits per heavy atom. The van der Waals surface area contributed by atoms with Crippen LogP contribution in [0.4, 0.5) is 9.59 Å². The van der Waals surface area contributed by atoms with Crippen molar-refractivity contribution in [2.75, 3.05) is 52.5 Å². The van der Waals surface area contributed by atoms with Crippen molar-refractivity contribution in [3.05, 3.63) is 48.0 Å². The van der Waals surface area contributed by atoms with Crippen molar-refractivity contribution in [3.8, 4) is 0 Å². The van der Waals surface area contributed by atoms with E-state index in [2.05, 4.69) is 29.6 Å². The molecule has 0 unspecified atom stereocenters. The lowest BCUT2D eigenvalue weighted by molar-refractivity contribution is -0.907. The maximum Gasteiger partial charge on any atom is 0.328 e. The average Bonchev–Trinajstić information content (AvgIpc) is 3.17. The lowest BCUT2D eigenvalue weighted by Crippen LogP contribution is -3.14. The van der Waals surface area contributed by atoms with E-state index in [1.54, 1.807) is 0 Å². The molecule has 0 radical (unpaired) electrons. The molecule has 2 heterocycles. The summed E-state index contributed by atoms with van der Waals surface area (Å²) in [5.41, 5.74) is 1.10. The van der Waals surface area contributed by atoms with Gasteiger partial charge in [0.15, 0.2) is 0 Å². The molecule has 2 N–H and O–H groups in total. The molecule has 0 bridgehead atoms. The predicted octanol–water partition coefficient (Wildman–Crippen LogP) is 0.702. The number of quaternary nitrogens is 1. The van der Waals surface area contributed by atoms with Crippen molar-refractivity contribution in [2.45, 2.75) is 6.54 Å². The molecule has 4 rings (SSSR count). The number of hydrogen-bond donors (Lipinski definition) is 2. The van der Waals surface area contributed by atoms with Crippen LogP contribution in [0, 0.1) is 0 Å². The Morgan fingerprint density at radius 3 is 2.71 bits per heavy atom. The van der Waals surface area contributed by atoms with Gasteiger partial charge >= 0.3 is 12.1 Å². The summed E-state index contributed by atoms with van der Waals surface area (Å²) in [5.74, 6) is 0. The molecule has 7 nitrogen and oxygen atoms in total. The Kier molecular flexibility index (Phi) is 5.73. The first-order chi connectivity index (χ1) is 13.7. The van der Waals surface area contributed by atoms with Gasteiger partial charge in [0.1, 0.15) is 13.1 Å². The van der Waals surface area contributed by atoms with Gasteiger partial charge < -0.3 is 19.9 Å². The number of fused-ring (bicyclic) bond motifs is 1. The Morgan fingerprint density at radius 2 is 1.93 bits per heavy atom. The van der Waals surface area contributed by atoms with Crippen LogP contribution in [-0.2, 0) is 11.3 Å². The van der Waals surface area contributed by atoms with Crippen LogP contribution in [0.25, 0.3) is 10.8 Å². The molecule has 2 aliphatic heterocycles. The third kappa shape index (κ3) is 4.10. The summed E-state index contributed by atoms with van der Waals surface area (Å²) in [6, 6.07) is 13.9. The highest BCUT2D eigenvalue weighted by atomic mass is 16.5. The summed E-state index contributed by atoms with van der Waals surface area (Å²) in [7, 11) is 0. The smallest absolute Gasteiger partial charge is 0.328 e. The van der Waals surface area contributed by atoms with Crippen LogP contribution in [0.1, 0.15) is 5.56 Å². The summed E-state index contributed by atoms with van der Waals surface area (Å²) < 4.78 is 5.43. The summed E-state index contributed by atoms with van der Waals surface area (Å²) in [6.07, 6.45) is 0. The van der Waals surface area contributed by atoms with Gasteiger partial charge in [-0.3, -0.25) is 0 Å². The Balaban J connectivity index is 1.54. The fourth-order valence-corrected chi connectivity index (χ4v) is 3.91. The van der Waals surface area contributed by atoms with Crippen molar-refractivity contribution >= 4 is 22.8 Å². The molecule has 28 heavy (non-hydrogen) atoms. The zero-order chi connectivity index (χ0) is 19.3.